The summed E-state index contributed by atoms with van der Waals surface area (Å²) in [5, 5.41) is 10.4. The van der Waals surface area contributed by atoms with Gasteiger partial charge in [0.2, 0.25) is 0 Å². The van der Waals surface area contributed by atoms with Crippen molar-refractivity contribution in [1.29, 1.82) is 0 Å². The molecule has 14 heavy (non-hydrogen) atoms. The van der Waals surface area contributed by atoms with Gasteiger partial charge in [0.1, 0.15) is 5.75 Å². The van der Waals surface area contributed by atoms with Gasteiger partial charge in [-0.25, -0.2) is 13.4 Å². The average Bonchev–Trinajstić information content (AvgIpc) is 2.01. The van der Waals surface area contributed by atoms with Crippen LogP contribution in [-0.4, -0.2) is 32.6 Å². The molecule has 0 radical (unpaired) electrons. The monoisotopic (exact) mass is 216 g/mol. The molecule has 0 spiro atoms. The van der Waals surface area contributed by atoms with Crippen LogP contribution in [0.4, 0.5) is 0 Å². The fourth-order valence-electron chi connectivity index (χ4n) is 0.944. The van der Waals surface area contributed by atoms with E-state index in [1.807, 2.05) is 0 Å². The van der Waals surface area contributed by atoms with Crippen LogP contribution in [0, 0.1) is 0 Å². The number of aromatic hydroxyl groups is 1. The largest absolute Gasteiger partial charge is 0.508 e. The number of nitrogens with zero attached hydrogens (tertiary/aromatic N) is 1. The van der Waals surface area contributed by atoms with Crippen molar-refractivity contribution >= 4 is 10.0 Å². The lowest BCUT2D eigenvalue weighted by molar-refractivity contribution is 0.363. The summed E-state index contributed by atoms with van der Waals surface area (Å²) in [5.74, 6) is -0.0772. The normalized spacial score (nSPS) is 11.9. The minimum Gasteiger partial charge on any atom is -0.508 e. The number of hydrogen-bond donors (Lipinski definition) is 2. The number of benzene rings is 1. The zero-order valence-electron chi connectivity index (χ0n) is 7.93. The molecule has 0 amide bonds. The van der Waals surface area contributed by atoms with E-state index >= 15 is 0 Å². The molecule has 1 rings (SSSR count). The second-order valence-electron chi connectivity index (χ2n) is 2.99. The smallest absolute Gasteiger partial charge is 0.253 e. The molecule has 5 nitrogen and oxygen atoms in total. The average molecular weight is 216 g/mol. The van der Waals surface area contributed by atoms with Crippen LogP contribution in [0.3, 0.4) is 0 Å². The molecular formula is C8H12N2O3S. The minimum absolute atomic E-state index is 0.0335. The highest BCUT2D eigenvalue weighted by Crippen LogP contribution is 2.15. The standard InChI is InChI=1S/C8H12N2O3S/c1-10(2)9-14(12,13)8-5-3-4-7(11)6-8/h3-6,9,11H,1-2H3. The molecule has 1 aromatic carbocycles. The Bertz CT molecular complexity index is 414. The number of sulfonamides is 1. The van der Waals surface area contributed by atoms with Crippen LogP contribution in [0.25, 0.3) is 0 Å². The summed E-state index contributed by atoms with van der Waals surface area (Å²) in [7, 11) is -0.427. The third-order valence-corrected chi connectivity index (χ3v) is 2.91. The summed E-state index contributed by atoms with van der Waals surface area (Å²) in [6.07, 6.45) is 0. The van der Waals surface area contributed by atoms with E-state index < -0.39 is 10.0 Å². The van der Waals surface area contributed by atoms with Crippen LogP contribution >= 0.6 is 0 Å². The van der Waals surface area contributed by atoms with Crippen molar-refractivity contribution in [2.24, 2.45) is 0 Å². The predicted molar refractivity (Wildman–Crippen MR) is 52.1 cm³/mol. The van der Waals surface area contributed by atoms with Gasteiger partial charge in [-0.05, 0) is 18.2 Å². The van der Waals surface area contributed by atoms with E-state index in [1.165, 1.54) is 29.3 Å². The highest BCUT2D eigenvalue weighted by Gasteiger charge is 2.14. The number of hydrogen-bond acceptors (Lipinski definition) is 4. The number of rotatable bonds is 3. The van der Waals surface area contributed by atoms with E-state index in [9.17, 15) is 8.42 Å². The molecule has 0 atom stereocenters. The van der Waals surface area contributed by atoms with E-state index in [1.54, 1.807) is 14.1 Å². The fourth-order valence-corrected chi connectivity index (χ4v) is 2.06. The SMILES string of the molecule is CN(C)NS(=O)(=O)c1cccc(O)c1. The van der Waals surface area contributed by atoms with Crippen molar-refractivity contribution in [3.05, 3.63) is 24.3 Å². The lowest BCUT2D eigenvalue weighted by atomic mass is 10.3. The number of hydrazine groups is 1. The second-order valence-corrected chi connectivity index (χ2v) is 4.65. The van der Waals surface area contributed by atoms with Crippen molar-refractivity contribution in [2.75, 3.05) is 14.1 Å². The number of nitrogens with one attached hydrogen (secondary N) is 1. The molecule has 6 heteroatoms. The minimum atomic E-state index is -3.57. The molecular weight excluding hydrogens is 204 g/mol. The molecule has 0 aromatic heterocycles. The molecule has 0 bridgehead atoms. The molecule has 0 saturated heterocycles. The van der Waals surface area contributed by atoms with Gasteiger partial charge in [0.15, 0.2) is 0 Å². The van der Waals surface area contributed by atoms with Crippen LogP contribution in [-0.2, 0) is 10.0 Å². The zero-order valence-corrected chi connectivity index (χ0v) is 8.75. The van der Waals surface area contributed by atoms with Crippen molar-refractivity contribution in [2.45, 2.75) is 4.90 Å². The van der Waals surface area contributed by atoms with Gasteiger partial charge in [-0.2, -0.15) is 0 Å². The first-order chi connectivity index (χ1) is 6.42. The van der Waals surface area contributed by atoms with E-state index in [-0.39, 0.29) is 10.6 Å². The summed E-state index contributed by atoms with van der Waals surface area (Å²) in [6, 6.07) is 5.48. The maximum Gasteiger partial charge on any atom is 0.253 e. The summed E-state index contributed by atoms with van der Waals surface area (Å²) in [6.45, 7) is 0. The Labute approximate surface area is 83.0 Å². The predicted octanol–water partition coefficient (Wildman–Crippen LogP) is 0.147. The highest BCUT2D eigenvalue weighted by molar-refractivity contribution is 7.89. The van der Waals surface area contributed by atoms with Crippen molar-refractivity contribution in [3.8, 4) is 5.75 Å². The molecule has 0 heterocycles. The quantitative estimate of drug-likeness (QED) is 0.705. The van der Waals surface area contributed by atoms with Crippen LogP contribution in [0.2, 0.25) is 0 Å². The molecule has 0 aliphatic rings. The van der Waals surface area contributed by atoms with Gasteiger partial charge in [0, 0.05) is 14.1 Å². The Hall–Kier alpha value is -1.11. The molecule has 0 aliphatic carbocycles. The first-order valence-corrected chi connectivity index (χ1v) is 5.39. The first kappa shape index (κ1) is 11.0. The second kappa shape index (κ2) is 3.95. The molecule has 0 saturated carbocycles. The third kappa shape index (κ3) is 2.69. The number of phenols is 1. The highest BCUT2D eigenvalue weighted by atomic mass is 32.2. The van der Waals surface area contributed by atoms with Gasteiger partial charge in [-0.3, -0.25) is 0 Å². The fraction of sp³-hybridized carbons (Fsp3) is 0.250. The van der Waals surface area contributed by atoms with Crippen LogP contribution < -0.4 is 4.83 Å². The molecule has 0 fully saturated rings. The summed E-state index contributed by atoms with van der Waals surface area (Å²) in [4.78, 5) is 2.29. The molecule has 0 unspecified atom stereocenters. The number of phenolic OH excluding ortho intramolecular Hbond substituents is 1. The third-order valence-electron chi connectivity index (χ3n) is 1.43. The van der Waals surface area contributed by atoms with Crippen molar-refractivity contribution in [3.63, 3.8) is 0 Å². The van der Waals surface area contributed by atoms with Crippen LogP contribution in [0.1, 0.15) is 0 Å². The lowest BCUT2D eigenvalue weighted by Gasteiger charge is -2.12. The Morgan fingerprint density at radius 1 is 1.36 bits per heavy atom. The molecule has 2 N–H and O–H groups in total. The molecule has 78 valence electrons. The van der Waals surface area contributed by atoms with Crippen molar-refractivity contribution in [1.82, 2.24) is 9.84 Å². The topological polar surface area (TPSA) is 69.6 Å². The van der Waals surface area contributed by atoms with Gasteiger partial charge < -0.3 is 5.11 Å². The Morgan fingerprint density at radius 2 is 2.00 bits per heavy atom. The van der Waals surface area contributed by atoms with Crippen LogP contribution in [0.5, 0.6) is 5.75 Å². The van der Waals surface area contributed by atoms with Gasteiger partial charge >= 0.3 is 0 Å². The summed E-state index contributed by atoms with van der Waals surface area (Å²) >= 11 is 0. The van der Waals surface area contributed by atoms with E-state index in [4.69, 9.17) is 5.11 Å². The van der Waals surface area contributed by atoms with E-state index in [0.717, 1.165) is 0 Å². The summed E-state index contributed by atoms with van der Waals surface area (Å²) < 4.78 is 23.1. The maximum atomic E-state index is 11.5. The Morgan fingerprint density at radius 3 is 2.50 bits per heavy atom. The van der Waals surface area contributed by atoms with Gasteiger partial charge in [-0.1, -0.05) is 6.07 Å². The Balaban J connectivity index is 3.05. The summed E-state index contributed by atoms with van der Waals surface area (Å²) in [5.41, 5.74) is 0. The maximum absolute atomic E-state index is 11.5. The molecule has 1 aromatic rings. The van der Waals surface area contributed by atoms with Gasteiger partial charge in [0.05, 0.1) is 4.90 Å². The van der Waals surface area contributed by atoms with E-state index in [2.05, 4.69) is 4.83 Å². The van der Waals surface area contributed by atoms with Gasteiger partial charge in [0.25, 0.3) is 10.0 Å². The zero-order chi connectivity index (χ0) is 10.8. The van der Waals surface area contributed by atoms with E-state index in [0.29, 0.717) is 0 Å². The Kier molecular flexibility index (Phi) is 3.10. The molecule has 0 aliphatic heterocycles. The van der Waals surface area contributed by atoms with Crippen molar-refractivity contribution < 1.29 is 13.5 Å². The first-order valence-electron chi connectivity index (χ1n) is 3.90. The lowest BCUT2D eigenvalue weighted by Crippen LogP contribution is -2.36. The van der Waals surface area contributed by atoms with Gasteiger partial charge in [-0.15, -0.1) is 4.83 Å². The van der Waals surface area contributed by atoms with Crippen LogP contribution in [0.15, 0.2) is 29.2 Å².